The number of nitrogens with one attached hydrogen (secondary N) is 2. The molecule has 0 radical (unpaired) electrons. The molecule has 0 fully saturated rings. The molecule has 2 N–H and O–H groups in total. The maximum absolute atomic E-state index is 12.7. The van der Waals surface area contributed by atoms with Gasteiger partial charge in [0.25, 0.3) is 0 Å². The first kappa shape index (κ1) is 17.9. The summed E-state index contributed by atoms with van der Waals surface area (Å²) in [6.07, 6.45) is 0.696. The van der Waals surface area contributed by atoms with Crippen LogP contribution >= 0.6 is 0 Å². The monoisotopic (exact) mass is 309 g/mol. The van der Waals surface area contributed by atoms with Crippen molar-refractivity contribution in [3.8, 4) is 0 Å². The number of urea groups is 1. The fraction of sp³-hybridized carbons (Fsp3) is 0.500. The van der Waals surface area contributed by atoms with Gasteiger partial charge in [-0.25, -0.2) is 9.18 Å². The average molecular weight is 309 g/mol. The summed E-state index contributed by atoms with van der Waals surface area (Å²) in [4.78, 5) is 24.8. The first-order chi connectivity index (χ1) is 10.4. The van der Waals surface area contributed by atoms with Crippen LogP contribution in [0.2, 0.25) is 0 Å². The molecule has 0 aliphatic heterocycles. The molecule has 0 aliphatic carbocycles. The Morgan fingerprint density at radius 2 is 1.82 bits per heavy atom. The molecule has 0 bridgehead atoms. The van der Waals surface area contributed by atoms with Crippen molar-refractivity contribution in [2.75, 3.05) is 13.1 Å². The molecule has 5 nitrogen and oxygen atoms in total. The van der Waals surface area contributed by atoms with Crippen LogP contribution in [-0.2, 0) is 11.3 Å². The standard InChI is InChI=1S/C16H24FN3O2/c1-12(2)20(13(3)21)10-4-9-18-16(22)19-11-14-5-7-15(17)8-6-14/h5-8,12H,4,9-11H2,1-3H3,(H2,18,19,22). The zero-order chi connectivity index (χ0) is 16.5. The summed E-state index contributed by atoms with van der Waals surface area (Å²) < 4.78 is 12.7. The second-order valence-corrected chi connectivity index (χ2v) is 5.40. The van der Waals surface area contributed by atoms with Gasteiger partial charge >= 0.3 is 6.03 Å². The minimum atomic E-state index is -0.298. The van der Waals surface area contributed by atoms with Gasteiger partial charge in [0.1, 0.15) is 5.82 Å². The molecule has 1 aromatic rings. The number of halogens is 1. The molecule has 6 heteroatoms. The Bertz CT molecular complexity index is 489. The van der Waals surface area contributed by atoms with Crippen molar-refractivity contribution in [3.05, 3.63) is 35.6 Å². The normalized spacial score (nSPS) is 10.4. The molecule has 1 aromatic carbocycles. The summed E-state index contributed by atoms with van der Waals surface area (Å²) in [5.74, 6) is -0.260. The number of rotatable bonds is 7. The molecule has 0 aromatic heterocycles. The van der Waals surface area contributed by atoms with E-state index in [0.29, 0.717) is 26.1 Å². The van der Waals surface area contributed by atoms with Gasteiger partial charge in [0.2, 0.25) is 5.91 Å². The van der Waals surface area contributed by atoms with Crippen LogP contribution in [0.1, 0.15) is 32.8 Å². The van der Waals surface area contributed by atoms with Crippen molar-refractivity contribution in [2.24, 2.45) is 0 Å². The molecule has 0 spiro atoms. The second kappa shape index (κ2) is 9.02. The number of amides is 3. The summed E-state index contributed by atoms with van der Waals surface area (Å²) in [6, 6.07) is 5.86. The Kier molecular flexibility index (Phi) is 7.36. The third-order valence-electron chi connectivity index (χ3n) is 3.26. The quantitative estimate of drug-likeness (QED) is 0.759. The van der Waals surface area contributed by atoms with E-state index >= 15 is 0 Å². The van der Waals surface area contributed by atoms with Gasteiger partial charge in [-0.2, -0.15) is 0 Å². The SMILES string of the molecule is CC(=O)N(CCCNC(=O)NCc1ccc(F)cc1)C(C)C. The second-order valence-electron chi connectivity index (χ2n) is 5.40. The number of benzene rings is 1. The highest BCUT2D eigenvalue weighted by Crippen LogP contribution is 2.02. The third-order valence-corrected chi connectivity index (χ3v) is 3.26. The molecule has 0 saturated carbocycles. The van der Waals surface area contributed by atoms with E-state index in [0.717, 1.165) is 5.56 Å². The maximum Gasteiger partial charge on any atom is 0.315 e. The predicted octanol–water partition coefficient (Wildman–Crippen LogP) is 2.27. The molecule has 0 aliphatic rings. The number of carbonyl (C=O) groups is 2. The van der Waals surface area contributed by atoms with Gasteiger partial charge in [-0.15, -0.1) is 0 Å². The van der Waals surface area contributed by atoms with Crippen LogP contribution in [0.5, 0.6) is 0 Å². The summed E-state index contributed by atoms with van der Waals surface area (Å²) >= 11 is 0. The highest BCUT2D eigenvalue weighted by Gasteiger charge is 2.11. The lowest BCUT2D eigenvalue weighted by Crippen LogP contribution is -2.39. The average Bonchev–Trinajstić information content (AvgIpc) is 2.45. The lowest BCUT2D eigenvalue weighted by molar-refractivity contribution is -0.130. The molecular weight excluding hydrogens is 285 g/mol. The van der Waals surface area contributed by atoms with Crippen LogP contribution in [0.3, 0.4) is 0 Å². The highest BCUT2D eigenvalue weighted by atomic mass is 19.1. The molecule has 1 rings (SSSR count). The van der Waals surface area contributed by atoms with E-state index in [1.54, 1.807) is 24.0 Å². The fourth-order valence-electron chi connectivity index (χ4n) is 2.08. The predicted molar refractivity (Wildman–Crippen MR) is 83.8 cm³/mol. The van der Waals surface area contributed by atoms with E-state index in [-0.39, 0.29) is 23.8 Å². The van der Waals surface area contributed by atoms with Gasteiger partial charge < -0.3 is 15.5 Å². The van der Waals surface area contributed by atoms with Gasteiger partial charge in [0.15, 0.2) is 0 Å². The molecule has 22 heavy (non-hydrogen) atoms. The Morgan fingerprint density at radius 1 is 1.18 bits per heavy atom. The molecule has 3 amide bonds. The lowest BCUT2D eigenvalue weighted by Gasteiger charge is -2.25. The van der Waals surface area contributed by atoms with Gasteiger partial charge in [-0.05, 0) is 38.0 Å². The van der Waals surface area contributed by atoms with Crippen molar-refractivity contribution in [3.63, 3.8) is 0 Å². The number of hydrogen-bond acceptors (Lipinski definition) is 2. The molecule has 122 valence electrons. The lowest BCUT2D eigenvalue weighted by atomic mass is 10.2. The third kappa shape index (κ3) is 6.56. The zero-order valence-corrected chi connectivity index (χ0v) is 13.4. The van der Waals surface area contributed by atoms with Crippen molar-refractivity contribution >= 4 is 11.9 Å². The van der Waals surface area contributed by atoms with Gasteiger partial charge in [0.05, 0.1) is 0 Å². The molecule has 0 saturated heterocycles. The summed E-state index contributed by atoms with van der Waals surface area (Å²) in [7, 11) is 0. The van der Waals surface area contributed by atoms with E-state index in [1.165, 1.54) is 12.1 Å². The Morgan fingerprint density at radius 3 is 2.36 bits per heavy atom. The summed E-state index contributed by atoms with van der Waals surface area (Å²) in [6.45, 7) is 6.92. The molecular formula is C16H24FN3O2. The topological polar surface area (TPSA) is 61.4 Å². The highest BCUT2D eigenvalue weighted by molar-refractivity contribution is 5.74. The van der Waals surface area contributed by atoms with Crippen LogP contribution in [0, 0.1) is 5.82 Å². The van der Waals surface area contributed by atoms with E-state index < -0.39 is 0 Å². The van der Waals surface area contributed by atoms with E-state index in [1.807, 2.05) is 13.8 Å². The van der Waals surface area contributed by atoms with E-state index in [2.05, 4.69) is 10.6 Å². The van der Waals surface area contributed by atoms with Crippen molar-refractivity contribution in [1.82, 2.24) is 15.5 Å². The zero-order valence-electron chi connectivity index (χ0n) is 13.4. The minimum Gasteiger partial charge on any atom is -0.340 e. The van der Waals surface area contributed by atoms with Crippen molar-refractivity contribution < 1.29 is 14.0 Å². The fourth-order valence-corrected chi connectivity index (χ4v) is 2.08. The minimum absolute atomic E-state index is 0.0377. The first-order valence-electron chi connectivity index (χ1n) is 7.43. The molecule has 0 unspecified atom stereocenters. The van der Waals surface area contributed by atoms with Crippen LogP contribution in [0.4, 0.5) is 9.18 Å². The van der Waals surface area contributed by atoms with Gasteiger partial charge in [0, 0.05) is 32.6 Å². The Hall–Kier alpha value is -2.11. The van der Waals surface area contributed by atoms with E-state index in [9.17, 15) is 14.0 Å². The van der Waals surface area contributed by atoms with Crippen molar-refractivity contribution in [1.29, 1.82) is 0 Å². The first-order valence-corrected chi connectivity index (χ1v) is 7.43. The van der Waals surface area contributed by atoms with Crippen LogP contribution in [0.25, 0.3) is 0 Å². The number of nitrogens with zero attached hydrogens (tertiary/aromatic N) is 1. The molecule has 0 heterocycles. The summed E-state index contributed by atoms with van der Waals surface area (Å²) in [5.41, 5.74) is 0.833. The largest absolute Gasteiger partial charge is 0.340 e. The number of hydrogen-bond donors (Lipinski definition) is 2. The smallest absolute Gasteiger partial charge is 0.315 e. The summed E-state index contributed by atoms with van der Waals surface area (Å²) in [5, 5.41) is 5.43. The maximum atomic E-state index is 12.7. The molecule has 0 atom stereocenters. The number of carbonyl (C=O) groups excluding carboxylic acids is 2. The van der Waals surface area contributed by atoms with Crippen molar-refractivity contribution in [2.45, 2.75) is 39.8 Å². The van der Waals surface area contributed by atoms with Gasteiger partial charge in [-0.3, -0.25) is 4.79 Å². The van der Waals surface area contributed by atoms with Crippen LogP contribution in [-0.4, -0.2) is 36.0 Å². The van der Waals surface area contributed by atoms with Gasteiger partial charge in [-0.1, -0.05) is 12.1 Å². The Balaban J connectivity index is 2.20. The van der Waals surface area contributed by atoms with E-state index in [4.69, 9.17) is 0 Å². The Labute approximate surface area is 130 Å². The van der Waals surface area contributed by atoms with Crippen LogP contribution in [0.15, 0.2) is 24.3 Å². The van der Waals surface area contributed by atoms with Crippen LogP contribution < -0.4 is 10.6 Å².